The minimum Gasteiger partial charge on any atom is -0.309 e. The summed E-state index contributed by atoms with van der Waals surface area (Å²) in [6.45, 7) is 7.36. The van der Waals surface area contributed by atoms with Gasteiger partial charge in [-0.25, -0.2) is 9.67 Å². The summed E-state index contributed by atoms with van der Waals surface area (Å²) in [6, 6.07) is 2.47. The summed E-state index contributed by atoms with van der Waals surface area (Å²) in [5.74, 6) is 0.998. The third-order valence-electron chi connectivity index (χ3n) is 3.13. The number of hydrogen-bond donors (Lipinski definition) is 1. The first-order valence-corrected chi connectivity index (χ1v) is 8.23. The molecule has 0 saturated heterocycles. The molecular formula is C14H21ClN4S. The molecule has 4 nitrogen and oxygen atoms in total. The molecule has 6 heteroatoms. The fourth-order valence-electron chi connectivity index (χ4n) is 2.16. The van der Waals surface area contributed by atoms with Crippen LogP contribution in [0.5, 0.6) is 0 Å². The normalized spacial score (nSPS) is 13.1. The van der Waals surface area contributed by atoms with Gasteiger partial charge in [-0.3, -0.25) is 0 Å². The van der Waals surface area contributed by atoms with Crippen LogP contribution in [0.3, 0.4) is 0 Å². The fourth-order valence-corrected chi connectivity index (χ4v) is 3.43. The third kappa shape index (κ3) is 3.59. The average molecular weight is 313 g/mol. The standard InChI is InChI=1S/C14H21ClN4S/c1-4-6-16-12(14-11(15)5-7-20-14)8-13-17-9-18-19(13)10(2)3/h5,7,9-10,12,16H,4,6,8H2,1-3H3. The van der Waals surface area contributed by atoms with E-state index >= 15 is 0 Å². The van der Waals surface area contributed by atoms with Gasteiger partial charge in [0.05, 0.1) is 11.1 Å². The maximum atomic E-state index is 6.28. The van der Waals surface area contributed by atoms with Crippen LogP contribution in [-0.4, -0.2) is 21.3 Å². The van der Waals surface area contributed by atoms with Crippen molar-refractivity contribution in [1.82, 2.24) is 20.1 Å². The highest BCUT2D eigenvalue weighted by atomic mass is 35.5. The van der Waals surface area contributed by atoms with E-state index in [0.29, 0.717) is 6.04 Å². The molecule has 0 aromatic carbocycles. The molecule has 2 heterocycles. The van der Waals surface area contributed by atoms with Gasteiger partial charge in [0.2, 0.25) is 0 Å². The zero-order chi connectivity index (χ0) is 14.5. The lowest BCUT2D eigenvalue weighted by molar-refractivity contribution is 0.466. The Kier molecular flexibility index (Phi) is 5.57. The summed E-state index contributed by atoms with van der Waals surface area (Å²) in [5.41, 5.74) is 0. The Bertz CT molecular complexity index is 535. The van der Waals surface area contributed by atoms with E-state index in [4.69, 9.17) is 11.6 Å². The van der Waals surface area contributed by atoms with E-state index in [1.807, 2.05) is 16.1 Å². The van der Waals surface area contributed by atoms with Crippen molar-refractivity contribution in [3.05, 3.63) is 33.5 Å². The summed E-state index contributed by atoms with van der Waals surface area (Å²) < 4.78 is 1.97. The van der Waals surface area contributed by atoms with Gasteiger partial charge >= 0.3 is 0 Å². The number of aromatic nitrogens is 3. The van der Waals surface area contributed by atoms with E-state index < -0.39 is 0 Å². The molecule has 0 spiro atoms. The smallest absolute Gasteiger partial charge is 0.138 e. The Labute approximate surface area is 129 Å². The van der Waals surface area contributed by atoms with Crippen LogP contribution in [0.2, 0.25) is 5.02 Å². The van der Waals surface area contributed by atoms with Crippen LogP contribution >= 0.6 is 22.9 Å². The number of rotatable bonds is 7. The van der Waals surface area contributed by atoms with Crippen molar-refractivity contribution in [2.45, 2.75) is 45.7 Å². The molecule has 20 heavy (non-hydrogen) atoms. The number of halogens is 1. The highest BCUT2D eigenvalue weighted by Crippen LogP contribution is 2.30. The third-order valence-corrected chi connectivity index (χ3v) is 4.60. The van der Waals surface area contributed by atoms with Crippen LogP contribution in [0.25, 0.3) is 0 Å². The first kappa shape index (κ1) is 15.5. The van der Waals surface area contributed by atoms with Gasteiger partial charge in [-0.05, 0) is 38.3 Å². The summed E-state index contributed by atoms with van der Waals surface area (Å²) in [7, 11) is 0. The predicted octanol–water partition coefficient (Wildman–Crippen LogP) is 3.86. The second-order valence-corrected chi connectivity index (χ2v) is 6.41. The molecule has 0 fully saturated rings. The second-order valence-electron chi connectivity index (χ2n) is 5.06. The van der Waals surface area contributed by atoms with Crippen molar-refractivity contribution >= 4 is 22.9 Å². The fraction of sp³-hybridized carbons (Fsp3) is 0.571. The Hall–Kier alpha value is -0.910. The predicted molar refractivity (Wildman–Crippen MR) is 84.5 cm³/mol. The molecule has 1 atom stereocenters. The molecule has 0 aliphatic rings. The molecule has 1 N–H and O–H groups in total. The van der Waals surface area contributed by atoms with Crippen LogP contribution in [0.15, 0.2) is 17.8 Å². The van der Waals surface area contributed by atoms with Crippen molar-refractivity contribution in [3.8, 4) is 0 Å². The zero-order valence-corrected chi connectivity index (χ0v) is 13.7. The molecule has 0 saturated carbocycles. The molecular weight excluding hydrogens is 292 g/mol. The maximum Gasteiger partial charge on any atom is 0.138 e. The van der Waals surface area contributed by atoms with E-state index in [1.165, 1.54) is 4.88 Å². The number of thiophene rings is 1. The lowest BCUT2D eigenvalue weighted by Gasteiger charge is -2.18. The first-order chi connectivity index (χ1) is 9.63. The number of nitrogens with one attached hydrogen (secondary N) is 1. The van der Waals surface area contributed by atoms with Gasteiger partial charge in [0.25, 0.3) is 0 Å². The van der Waals surface area contributed by atoms with Crippen LogP contribution in [0, 0.1) is 0 Å². The van der Waals surface area contributed by atoms with Gasteiger partial charge in [0.1, 0.15) is 12.2 Å². The van der Waals surface area contributed by atoms with Crippen LogP contribution < -0.4 is 5.32 Å². The largest absolute Gasteiger partial charge is 0.309 e. The van der Waals surface area contributed by atoms with Crippen molar-refractivity contribution < 1.29 is 0 Å². The first-order valence-electron chi connectivity index (χ1n) is 6.98. The van der Waals surface area contributed by atoms with Crippen molar-refractivity contribution in [1.29, 1.82) is 0 Å². The van der Waals surface area contributed by atoms with Crippen molar-refractivity contribution in [3.63, 3.8) is 0 Å². The minimum absolute atomic E-state index is 0.198. The monoisotopic (exact) mass is 312 g/mol. The van der Waals surface area contributed by atoms with Crippen LogP contribution in [0.1, 0.15) is 50.0 Å². The summed E-state index contributed by atoms with van der Waals surface area (Å²) >= 11 is 7.98. The van der Waals surface area contributed by atoms with Gasteiger partial charge in [-0.1, -0.05) is 18.5 Å². The maximum absolute atomic E-state index is 6.28. The summed E-state index contributed by atoms with van der Waals surface area (Å²) in [4.78, 5) is 5.58. The highest BCUT2D eigenvalue weighted by Gasteiger charge is 2.19. The Morgan fingerprint density at radius 1 is 1.45 bits per heavy atom. The van der Waals surface area contributed by atoms with Crippen molar-refractivity contribution in [2.24, 2.45) is 0 Å². The molecule has 0 aliphatic carbocycles. The van der Waals surface area contributed by atoms with Gasteiger partial charge in [0.15, 0.2) is 0 Å². The van der Waals surface area contributed by atoms with Gasteiger partial charge in [-0.15, -0.1) is 11.3 Å². The molecule has 0 amide bonds. The number of hydrogen-bond acceptors (Lipinski definition) is 4. The van der Waals surface area contributed by atoms with Gasteiger partial charge in [0, 0.05) is 17.3 Å². The molecule has 2 rings (SSSR count). The summed E-state index contributed by atoms with van der Waals surface area (Å²) in [6.07, 6.45) is 3.52. The quantitative estimate of drug-likeness (QED) is 0.844. The van der Waals surface area contributed by atoms with Crippen LogP contribution in [-0.2, 0) is 6.42 Å². The topological polar surface area (TPSA) is 42.7 Å². The molecule has 0 bridgehead atoms. The van der Waals surface area contributed by atoms with Gasteiger partial charge in [-0.2, -0.15) is 5.10 Å². The van der Waals surface area contributed by atoms with E-state index in [1.54, 1.807) is 17.7 Å². The molecule has 110 valence electrons. The van der Waals surface area contributed by atoms with E-state index in [0.717, 1.165) is 30.2 Å². The SMILES string of the molecule is CCCNC(Cc1ncnn1C(C)C)c1sccc1Cl. The summed E-state index contributed by atoms with van der Waals surface area (Å²) in [5, 5.41) is 10.7. The molecule has 0 aliphatic heterocycles. The lowest BCUT2D eigenvalue weighted by atomic mass is 10.1. The number of nitrogens with zero attached hydrogens (tertiary/aromatic N) is 3. The minimum atomic E-state index is 0.198. The van der Waals surface area contributed by atoms with Crippen LogP contribution in [0.4, 0.5) is 0 Å². The average Bonchev–Trinajstić information content (AvgIpc) is 3.03. The van der Waals surface area contributed by atoms with E-state index in [9.17, 15) is 0 Å². The Morgan fingerprint density at radius 2 is 2.25 bits per heavy atom. The highest BCUT2D eigenvalue weighted by molar-refractivity contribution is 7.10. The Balaban J connectivity index is 2.19. The molecule has 0 radical (unpaired) electrons. The van der Waals surface area contributed by atoms with E-state index in [2.05, 4.69) is 36.2 Å². The zero-order valence-electron chi connectivity index (χ0n) is 12.1. The van der Waals surface area contributed by atoms with E-state index in [-0.39, 0.29) is 6.04 Å². The molecule has 1 unspecified atom stereocenters. The Morgan fingerprint density at radius 3 is 2.85 bits per heavy atom. The molecule has 2 aromatic rings. The van der Waals surface area contributed by atoms with Gasteiger partial charge < -0.3 is 5.32 Å². The van der Waals surface area contributed by atoms with Crippen molar-refractivity contribution in [2.75, 3.05) is 6.54 Å². The molecule has 2 aromatic heterocycles. The second kappa shape index (κ2) is 7.20. The lowest BCUT2D eigenvalue weighted by Crippen LogP contribution is -2.25.